The first kappa shape index (κ1) is 19.1. The second-order valence-electron chi connectivity index (χ2n) is 5.89. The number of amides is 1. The first-order chi connectivity index (χ1) is 11.8. The van der Waals surface area contributed by atoms with Crippen molar-refractivity contribution in [1.82, 2.24) is 9.88 Å². The molecule has 1 heterocycles. The minimum Gasteiger partial charge on any atom is -0.449 e. The van der Waals surface area contributed by atoms with E-state index in [-0.39, 0.29) is 12.5 Å². The number of aromatic nitrogens is 1. The lowest BCUT2D eigenvalue weighted by molar-refractivity contribution is -0.129. The third-order valence-corrected chi connectivity index (χ3v) is 4.54. The molecule has 1 N–H and O–H groups in total. The van der Waals surface area contributed by atoms with Gasteiger partial charge in [-0.15, -0.1) is 0 Å². The van der Waals surface area contributed by atoms with Gasteiger partial charge in [0.2, 0.25) is 0 Å². The summed E-state index contributed by atoms with van der Waals surface area (Å²) in [4.78, 5) is 24.5. The van der Waals surface area contributed by atoms with Crippen molar-refractivity contribution in [3.8, 4) is 0 Å². The van der Waals surface area contributed by atoms with Gasteiger partial charge in [-0.3, -0.25) is 4.79 Å². The molecule has 6 heteroatoms. The molecule has 1 amide bonds. The molecule has 0 aliphatic heterocycles. The van der Waals surface area contributed by atoms with E-state index in [0.29, 0.717) is 10.6 Å². The zero-order valence-electron chi connectivity index (χ0n) is 14.9. The molecular formula is C19H23ClN2O3. The van der Waals surface area contributed by atoms with E-state index in [1.54, 1.807) is 19.1 Å². The normalized spacial score (nSPS) is 11.9. The van der Waals surface area contributed by atoms with Crippen LogP contribution < -0.4 is 5.32 Å². The Balaban J connectivity index is 1.97. The van der Waals surface area contributed by atoms with Crippen LogP contribution >= 0.6 is 11.6 Å². The van der Waals surface area contributed by atoms with Gasteiger partial charge in [0.1, 0.15) is 0 Å². The van der Waals surface area contributed by atoms with Gasteiger partial charge in [-0.1, -0.05) is 29.8 Å². The fourth-order valence-corrected chi connectivity index (χ4v) is 2.94. The summed E-state index contributed by atoms with van der Waals surface area (Å²) >= 11 is 6.06. The number of esters is 1. The van der Waals surface area contributed by atoms with Gasteiger partial charge in [0.25, 0.3) is 5.91 Å². The molecule has 0 spiro atoms. The van der Waals surface area contributed by atoms with Gasteiger partial charge in [-0.25, -0.2) is 4.79 Å². The molecule has 25 heavy (non-hydrogen) atoms. The molecule has 2 aromatic rings. The maximum Gasteiger partial charge on any atom is 0.340 e. The van der Waals surface area contributed by atoms with Crippen molar-refractivity contribution in [2.24, 2.45) is 0 Å². The second-order valence-corrected chi connectivity index (χ2v) is 6.29. The number of rotatable bonds is 6. The van der Waals surface area contributed by atoms with E-state index < -0.39 is 12.1 Å². The predicted molar refractivity (Wildman–Crippen MR) is 97.8 cm³/mol. The largest absolute Gasteiger partial charge is 0.449 e. The molecule has 0 fully saturated rings. The summed E-state index contributed by atoms with van der Waals surface area (Å²) in [7, 11) is 0. The Hall–Kier alpha value is -2.27. The van der Waals surface area contributed by atoms with E-state index in [1.165, 1.54) is 0 Å². The first-order valence-electron chi connectivity index (χ1n) is 8.24. The smallest absolute Gasteiger partial charge is 0.340 e. The molecule has 0 radical (unpaired) electrons. The molecule has 0 bridgehead atoms. The number of halogens is 1. The Morgan fingerprint density at radius 1 is 1.28 bits per heavy atom. The number of hydrogen-bond acceptors (Lipinski definition) is 3. The Morgan fingerprint density at radius 2 is 1.96 bits per heavy atom. The van der Waals surface area contributed by atoms with Gasteiger partial charge in [0, 0.05) is 29.5 Å². The Bertz CT molecular complexity index is 783. The van der Waals surface area contributed by atoms with E-state index in [2.05, 4.69) is 5.32 Å². The lowest BCUT2D eigenvalue weighted by Gasteiger charge is -2.14. The molecule has 2 rings (SSSR count). The highest BCUT2D eigenvalue weighted by atomic mass is 35.5. The summed E-state index contributed by atoms with van der Waals surface area (Å²) < 4.78 is 7.34. The summed E-state index contributed by atoms with van der Waals surface area (Å²) in [6, 6.07) is 9.05. The standard InChI is InChI=1S/C19H23ClN2O3/c1-5-22-12(2)10-16(13(22)3)19(24)25-14(4)18(23)21-11-15-8-6-7-9-17(15)20/h6-10,14H,5,11H2,1-4H3,(H,21,23)/t14-/m0/s1. The molecule has 0 aliphatic carbocycles. The average molecular weight is 363 g/mol. The fraction of sp³-hybridized carbons (Fsp3) is 0.368. The molecule has 0 saturated heterocycles. The van der Waals surface area contributed by atoms with Crippen molar-refractivity contribution in [3.05, 3.63) is 57.9 Å². The van der Waals surface area contributed by atoms with Crippen molar-refractivity contribution >= 4 is 23.5 Å². The van der Waals surface area contributed by atoms with Crippen LogP contribution in [0.3, 0.4) is 0 Å². The number of ether oxygens (including phenoxy) is 1. The quantitative estimate of drug-likeness (QED) is 0.798. The lowest BCUT2D eigenvalue weighted by atomic mass is 10.2. The Morgan fingerprint density at radius 3 is 2.56 bits per heavy atom. The SMILES string of the molecule is CCn1c(C)cc(C(=O)O[C@@H](C)C(=O)NCc2ccccc2Cl)c1C. The summed E-state index contributed by atoms with van der Waals surface area (Å²) in [6.07, 6.45) is -0.889. The van der Waals surface area contributed by atoms with Crippen molar-refractivity contribution in [2.75, 3.05) is 0 Å². The Kier molecular flexibility index (Phi) is 6.26. The van der Waals surface area contributed by atoms with Gasteiger partial charge >= 0.3 is 5.97 Å². The van der Waals surface area contributed by atoms with Crippen LogP contribution in [0.4, 0.5) is 0 Å². The van der Waals surface area contributed by atoms with E-state index in [4.69, 9.17) is 16.3 Å². The van der Waals surface area contributed by atoms with Crippen molar-refractivity contribution in [2.45, 2.75) is 46.9 Å². The highest BCUT2D eigenvalue weighted by Gasteiger charge is 2.22. The molecule has 1 aromatic heterocycles. The van der Waals surface area contributed by atoms with Crippen LogP contribution in [0.5, 0.6) is 0 Å². The van der Waals surface area contributed by atoms with Gasteiger partial charge in [-0.05, 0) is 45.4 Å². The fourth-order valence-electron chi connectivity index (χ4n) is 2.74. The number of nitrogens with zero attached hydrogens (tertiary/aromatic N) is 1. The highest BCUT2D eigenvalue weighted by Crippen LogP contribution is 2.17. The van der Waals surface area contributed by atoms with Gasteiger partial charge in [0.05, 0.1) is 5.56 Å². The average Bonchev–Trinajstić information content (AvgIpc) is 2.87. The molecule has 0 saturated carbocycles. The molecule has 134 valence electrons. The minimum absolute atomic E-state index is 0.282. The number of benzene rings is 1. The summed E-state index contributed by atoms with van der Waals surface area (Å²) in [5, 5.41) is 3.32. The second kappa shape index (κ2) is 8.21. The number of carbonyl (C=O) groups is 2. The third-order valence-electron chi connectivity index (χ3n) is 4.17. The van der Waals surface area contributed by atoms with Crippen LogP contribution in [0.15, 0.2) is 30.3 Å². The van der Waals surface area contributed by atoms with Crippen LogP contribution in [0.2, 0.25) is 5.02 Å². The molecule has 0 aliphatic rings. The summed E-state index contributed by atoms with van der Waals surface area (Å²) in [6.45, 7) is 8.44. The van der Waals surface area contributed by atoms with Crippen LogP contribution in [0.1, 0.15) is 41.2 Å². The van der Waals surface area contributed by atoms with E-state index in [0.717, 1.165) is 23.5 Å². The van der Waals surface area contributed by atoms with Gasteiger partial charge in [-0.2, -0.15) is 0 Å². The zero-order valence-corrected chi connectivity index (χ0v) is 15.7. The molecule has 1 atom stereocenters. The lowest BCUT2D eigenvalue weighted by Crippen LogP contribution is -2.35. The third kappa shape index (κ3) is 4.42. The molecule has 5 nitrogen and oxygen atoms in total. The van der Waals surface area contributed by atoms with E-state index >= 15 is 0 Å². The first-order valence-corrected chi connectivity index (χ1v) is 8.61. The van der Waals surface area contributed by atoms with Crippen LogP contribution in [-0.4, -0.2) is 22.5 Å². The van der Waals surface area contributed by atoms with E-state index in [1.807, 2.05) is 43.5 Å². The van der Waals surface area contributed by atoms with Crippen molar-refractivity contribution in [1.29, 1.82) is 0 Å². The van der Waals surface area contributed by atoms with Gasteiger partial charge in [0.15, 0.2) is 6.10 Å². The Labute approximate surface area is 152 Å². The minimum atomic E-state index is -0.889. The topological polar surface area (TPSA) is 60.3 Å². The van der Waals surface area contributed by atoms with Crippen LogP contribution in [0.25, 0.3) is 0 Å². The monoisotopic (exact) mass is 362 g/mol. The predicted octanol–water partition coefficient (Wildman–Crippen LogP) is 3.64. The highest BCUT2D eigenvalue weighted by molar-refractivity contribution is 6.31. The van der Waals surface area contributed by atoms with Gasteiger partial charge < -0.3 is 14.6 Å². The van der Waals surface area contributed by atoms with E-state index in [9.17, 15) is 9.59 Å². The summed E-state index contributed by atoms with van der Waals surface area (Å²) in [5.74, 6) is -0.856. The maximum absolute atomic E-state index is 12.4. The number of nitrogens with one attached hydrogen (secondary N) is 1. The summed E-state index contributed by atoms with van der Waals surface area (Å²) in [5.41, 5.74) is 3.13. The number of hydrogen-bond donors (Lipinski definition) is 1. The molecule has 0 unspecified atom stereocenters. The number of aryl methyl sites for hydroxylation is 1. The zero-order chi connectivity index (χ0) is 18.6. The number of carbonyl (C=O) groups excluding carboxylic acids is 2. The van der Waals surface area contributed by atoms with Crippen LogP contribution in [0, 0.1) is 13.8 Å². The maximum atomic E-state index is 12.4. The van der Waals surface area contributed by atoms with Crippen molar-refractivity contribution in [3.63, 3.8) is 0 Å². The van der Waals surface area contributed by atoms with Crippen molar-refractivity contribution < 1.29 is 14.3 Å². The molecule has 1 aromatic carbocycles. The van der Waals surface area contributed by atoms with Crippen LogP contribution in [-0.2, 0) is 22.6 Å². The molecular weight excluding hydrogens is 340 g/mol.